The molecule has 0 aromatic heterocycles. The zero-order chi connectivity index (χ0) is 24.2. The second-order valence-electron chi connectivity index (χ2n) is 8.55. The molecule has 2 N–H and O–H groups in total. The molecule has 0 spiro atoms. The Morgan fingerprint density at radius 2 is 1.79 bits per heavy atom. The van der Waals surface area contributed by atoms with Gasteiger partial charge in [0.25, 0.3) is 5.91 Å². The van der Waals surface area contributed by atoms with Crippen molar-refractivity contribution in [2.75, 3.05) is 41.9 Å². The first-order valence-electron chi connectivity index (χ1n) is 11.3. The molecule has 3 aromatic rings. The van der Waals surface area contributed by atoms with E-state index < -0.39 is 5.97 Å². The highest BCUT2D eigenvalue weighted by Gasteiger charge is 2.27. The number of methoxy groups -OCH3 is 1. The van der Waals surface area contributed by atoms with Gasteiger partial charge in [-0.25, -0.2) is 4.79 Å². The molecule has 0 aliphatic carbocycles. The van der Waals surface area contributed by atoms with Gasteiger partial charge in [0.05, 0.1) is 18.4 Å². The summed E-state index contributed by atoms with van der Waals surface area (Å²) < 4.78 is 5.12. The Labute approximate surface area is 199 Å². The van der Waals surface area contributed by atoms with Crippen LogP contribution in [0.2, 0.25) is 0 Å². The van der Waals surface area contributed by atoms with Crippen molar-refractivity contribution in [3.63, 3.8) is 0 Å². The van der Waals surface area contributed by atoms with Crippen LogP contribution in [0.5, 0.6) is 5.75 Å². The van der Waals surface area contributed by atoms with Gasteiger partial charge in [0, 0.05) is 42.6 Å². The monoisotopic (exact) mass is 459 g/mol. The van der Waals surface area contributed by atoms with Crippen LogP contribution in [0.15, 0.2) is 66.7 Å². The van der Waals surface area contributed by atoms with Gasteiger partial charge in [0.1, 0.15) is 5.75 Å². The van der Waals surface area contributed by atoms with Crippen molar-refractivity contribution in [3.05, 3.63) is 83.4 Å². The number of hydrogen-bond donors (Lipinski definition) is 2. The molecule has 7 heteroatoms. The maximum Gasteiger partial charge on any atom is 0.337 e. The molecule has 7 nitrogen and oxygen atoms in total. The number of nitrogens with one attached hydrogen (secondary N) is 1. The van der Waals surface area contributed by atoms with Gasteiger partial charge < -0.3 is 25.0 Å². The molecular weight excluding hydrogens is 430 g/mol. The Balaban J connectivity index is 1.50. The summed E-state index contributed by atoms with van der Waals surface area (Å²) >= 11 is 0. The van der Waals surface area contributed by atoms with Gasteiger partial charge in [-0.1, -0.05) is 12.1 Å². The van der Waals surface area contributed by atoms with Gasteiger partial charge in [-0.05, 0) is 74.0 Å². The zero-order valence-corrected chi connectivity index (χ0v) is 19.6. The number of aromatic carboxylic acids is 1. The summed E-state index contributed by atoms with van der Waals surface area (Å²) in [6, 6.07) is 20.4. The lowest BCUT2D eigenvalue weighted by Gasteiger charge is -2.42. The van der Waals surface area contributed by atoms with E-state index in [1.807, 2.05) is 0 Å². The topological polar surface area (TPSA) is 82.1 Å². The highest BCUT2D eigenvalue weighted by Crippen LogP contribution is 2.29. The average Bonchev–Trinajstić information content (AvgIpc) is 2.84. The number of carbonyl (C=O) groups excluding carboxylic acids is 1. The molecule has 1 aliphatic rings. The second-order valence-corrected chi connectivity index (χ2v) is 8.55. The molecule has 1 heterocycles. The number of rotatable bonds is 6. The summed E-state index contributed by atoms with van der Waals surface area (Å²) in [6.45, 7) is 6.43. The molecule has 0 radical (unpaired) electrons. The largest absolute Gasteiger partial charge is 0.497 e. The van der Waals surface area contributed by atoms with E-state index in [2.05, 4.69) is 53.2 Å². The first-order valence-corrected chi connectivity index (χ1v) is 11.3. The molecule has 0 saturated carbocycles. The van der Waals surface area contributed by atoms with Crippen LogP contribution < -0.4 is 19.9 Å². The van der Waals surface area contributed by atoms with Crippen LogP contribution in [-0.4, -0.2) is 49.8 Å². The number of anilines is 3. The summed E-state index contributed by atoms with van der Waals surface area (Å²) in [6.07, 6.45) is 0. The minimum Gasteiger partial charge on any atom is -0.497 e. The molecular formula is C27H29N3O4. The van der Waals surface area contributed by atoms with Gasteiger partial charge in [-0.2, -0.15) is 0 Å². The number of carboxylic acids is 1. The van der Waals surface area contributed by atoms with Crippen LogP contribution >= 0.6 is 0 Å². The molecule has 3 aromatic carbocycles. The Bertz CT molecular complexity index is 1190. The third-order valence-electron chi connectivity index (χ3n) is 6.14. The van der Waals surface area contributed by atoms with E-state index in [0.29, 0.717) is 35.8 Å². The van der Waals surface area contributed by atoms with E-state index >= 15 is 0 Å². The van der Waals surface area contributed by atoms with E-state index in [-0.39, 0.29) is 17.5 Å². The fraction of sp³-hybridized carbons (Fsp3) is 0.259. The van der Waals surface area contributed by atoms with Crippen molar-refractivity contribution in [1.82, 2.24) is 0 Å². The number of piperazine rings is 1. The first-order chi connectivity index (χ1) is 16.4. The van der Waals surface area contributed by atoms with E-state index in [4.69, 9.17) is 4.74 Å². The third kappa shape index (κ3) is 4.98. The molecule has 0 unspecified atom stereocenters. The average molecular weight is 460 g/mol. The molecule has 34 heavy (non-hydrogen) atoms. The minimum absolute atomic E-state index is 0.170. The molecule has 1 saturated heterocycles. The molecule has 1 amide bonds. The Morgan fingerprint density at radius 1 is 1.03 bits per heavy atom. The predicted molar refractivity (Wildman–Crippen MR) is 135 cm³/mol. The number of amides is 1. The van der Waals surface area contributed by atoms with E-state index in [1.54, 1.807) is 43.5 Å². The number of ether oxygens (including phenoxy) is 1. The molecule has 0 bridgehead atoms. The predicted octanol–water partition coefficient (Wildman–Crippen LogP) is 4.67. The fourth-order valence-electron chi connectivity index (χ4n) is 4.37. The number of aryl methyl sites for hydroxylation is 1. The molecule has 4 rings (SSSR count). The third-order valence-corrected chi connectivity index (χ3v) is 6.14. The van der Waals surface area contributed by atoms with Gasteiger partial charge in [-0.3, -0.25) is 4.79 Å². The number of carbonyl (C=O) groups is 2. The van der Waals surface area contributed by atoms with Crippen molar-refractivity contribution in [2.24, 2.45) is 0 Å². The lowest BCUT2D eigenvalue weighted by molar-refractivity contribution is 0.0697. The van der Waals surface area contributed by atoms with Crippen molar-refractivity contribution in [1.29, 1.82) is 0 Å². The first kappa shape index (κ1) is 23.2. The summed E-state index contributed by atoms with van der Waals surface area (Å²) in [5, 5.41) is 12.7. The maximum absolute atomic E-state index is 12.6. The Hall–Kier alpha value is -4.00. The van der Waals surface area contributed by atoms with Crippen LogP contribution in [0.3, 0.4) is 0 Å². The van der Waals surface area contributed by atoms with Crippen LogP contribution in [0, 0.1) is 6.92 Å². The molecule has 1 atom stereocenters. The normalized spacial score (nSPS) is 15.7. The van der Waals surface area contributed by atoms with E-state index in [1.165, 1.54) is 17.3 Å². The number of carboxylic acid groups (broad SMARTS) is 1. The smallest absolute Gasteiger partial charge is 0.337 e. The highest BCUT2D eigenvalue weighted by atomic mass is 16.5. The van der Waals surface area contributed by atoms with Gasteiger partial charge >= 0.3 is 5.97 Å². The molecule has 1 aliphatic heterocycles. The van der Waals surface area contributed by atoms with Crippen LogP contribution in [0.1, 0.15) is 33.2 Å². The Kier molecular flexibility index (Phi) is 6.72. The van der Waals surface area contributed by atoms with Crippen LogP contribution in [0.25, 0.3) is 0 Å². The fourth-order valence-corrected chi connectivity index (χ4v) is 4.37. The molecule has 176 valence electrons. The van der Waals surface area contributed by atoms with Gasteiger partial charge in [0.2, 0.25) is 0 Å². The lowest BCUT2D eigenvalue weighted by Crippen LogP contribution is -2.52. The van der Waals surface area contributed by atoms with E-state index in [0.717, 1.165) is 6.54 Å². The Morgan fingerprint density at radius 3 is 2.44 bits per heavy atom. The number of benzene rings is 3. The van der Waals surface area contributed by atoms with Crippen LogP contribution in [-0.2, 0) is 0 Å². The standard InChI is InChI=1S/C27H29N3O4/c1-18-5-4-6-22(15-18)30-14-13-29(17-19(30)2)25-12-9-21(16-24(25)27(32)33)28-26(31)20-7-10-23(34-3)11-8-20/h4-12,15-16,19H,13-14,17H2,1-3H3,(H,28,31)(H,32,33)/t19-/m0/s1. The minimum atomic E-state index is -1.02. The summed E-state index contributed by atoms with van der Waals surface area (Å²) in [5.74, 6) is -0.678. The maximum atomic E-state index is 12.6. The highest BCUT2D eigenvalue weighted by molar-refractivity contribution is 6.05. The summed E-state index contributed by atoms with van der Waals surface area (Å²) in [4.78, 5) is 29.1. The van der Waals surface area contributed by atoms with E-state index in [9.17, 15) is 14.7 Å². The number of hydrogen-bond acceptors (Lipinski definition) is 5. The SMILES string of the molecule is COc1ccc(C(=O)Nc2ccc(N3CCN(c4cccc(C)c4)[C@@H](C)C3)c(C(=O)O)c2)cc1. The van der Waals surface area contributed by atoms with Crippen molar-refractivity contribution in [2.45, 2.75) is 19.9 Å². The van der Waals surface area contributed by atoms with Crippen LogP contribution in [0.4, 0.5) is 17.1 Å². The summed E-state index contributed by atoms with van der Waals surface area (Å²) in [7, 11) is 1.56. The zero-order valence-electron chi connectivity index (χ0n) is 19.6. The molecule has 1 fully saturated rings. The summed E-state index contributed by atoms with van der Waals surface area (Å²) in [5.41, 5.74) is 4.13. The second kappa shape index (κ2) is 9.87. The lowest BCUT2D eigenvalue weighted by atomic mass is 10.1. The quantitative estimate of drug-likeness (QED) is 0.558. The van der Waals surface area contributed by atoms with Crippen molar-refractivity contribution < 1.29 is 19.4 Å². The van der Waals surface area contributed by atoms with Crippen molar-refractivity contribution in [3.8, 4) is 5.75 Å². The van der Waals surface area contributed by atoms with Crippen molar-refractivity contribution >= 4 is 28.9 Å². The van der Waals surface area contributed by atoms with Gasteiger partial charge in [-0.15, -0.1) is 0 Å². The number of nitrogens with zero attached hydrogens (tertiary/aromatic N) is 2. The van der Waals surface area contributed by atoms with Gasteiger partial charge in [0.15, 0.2) is 0 Å².